The van der Waals surface area contributed by atoms with Gasteiger partial charge in [0.25, 0.3) is 0 Å². The second-order valence-electron chi connectivity index (χ2n) is 6.56. The molecule has 0 unspecified atom stereocenters. The minimum atomic E-state index is 0.00344. The summed E-state index contributed by atoms with van der Waals surface area (Å²) in [5.74, 6) is 0.822. The van der Waals surface area contributed by atoms with Crippen LogP contribution in [0.25, 0.3) is 11.0 Å². The molecule has 1 aromatic carbocycles. The van der Waals surface area contributed by atoms with Crippen LogP contribution < -0.4 is 10.6 Å². The summed E-state index contributed by atoms with van der Waals surface area (Å²) in [7, 11) is 0. The number of fused-ring (bicyclic) bond motifs is 1. The summed E-state index contributed by atoms with van der Waals surface area (Å²) < 4.78 is 1.84. The fourth-order valence-electron chi connectivity index (χ4n) is 3.36. The number of hydrogen-bond donors (Lipinski definition) is 2. The Morgan fingerprint density at radius 2 is 2.08 bits per heavy atom. The van der Waals surface area contributed by atoms with Crippen molar-refractivity contribution in [2.75, 3.05) is 19.6 Å². The van der Waals surface area contributed by atoms with Crippen molar-refractivity contribution in [3.8, 4) is 0 Å². The fraction of sp³-hybridized carbons (Fsp3) is 0.556. The van der Waals surface area contributed by atoms with Crippen LogP contribution in [0.5, 0.6) is 0 Å². The maximum Gasteiger partial charge on any atom is 0.240 e. The van der Waals surface area contributed by atoms with Crippen LogP contribution in [0.2, 0.25) is 5.02 Å². The van der Waals surface area contributed by atoms with E-state index in [9.17, 15) is 4.79 Å². The van der Waals surface area contributed by atoms with Crippen LogP contribution in [0.3, 0.4) is 0 Å². The Balaban J connectivity index is 1.37. The summed E-state index contributed by atoms with van der Waals surface area (Å²) in [4.78, 5) is 16.4. The van der Waals surface area contributed by atoms with E-state index in [1.165, 1.54) is 32.1 Å². The number of halogens is 1. The van der Waals surface area contributed by atoms with Gasteiger partial charge in [-0.15, -0.1) is 0 Å². The zero-order valence-electron chi connectivity index (χ0n) is 13.9. The normalized spacial score (nSPS) is 15.7. The fourth-order valence-corrected chi connectivity index (χ4v) is 3.53. The van der Waals surface area contributed by atoms with E-state index in [2.05, 4.69) is 15.6 Å². The first-order valence-electron chi connectivity index (χ1n) is 8.80. The number of nitrogens with zero attached hydrogens (tertiary/aromatic N) is 2. The van der Waals surface area contributed by atoms with Gasteiger partial charge in [-0.2, -0.15) is 0 Å². The molecule has 1 saturated carbocycles. The Hall–Kier alpha value is -1.59. The van der Waals surface area contributed by atoms with E-state index < -0.39 is 0 Å². The Labute approximate surface area is 147 Å². The third-order valence-electron chi connectivity index (χ3n) is 4.68. The summed E-state index contributed by atoms with van der Waals surface area (Å²) in [6.07, 6.45) is 8.50. The van der Waals surface area contributed by atoms with Crippen molar-refractivity contribution in [2.24, 2.45) is 5.92 Å². The number of rotatable bonds is 7. The van der Waals surface area contributed by atoms with Crippen LogP contribution in [0.4, 0.5) is 0 Å². The molecule has 2 N–H and O–H groups in total. The lowest BCUT2D eigenvalue weighted by molar-refractivity contribution is -0.121. The van der Waals surface area contributed by atoms with Crippen LogP contribution in [0, 0.1) is 5.92 Å². The standard InChI is InChI=1S/C18H25ClN4O/c19-15-6-7-17-16(10-15)22-13-23(17)12-18(24)21-9-8-20-11-14-4-2-1-3-5-14/h6-7,10,13-14,20H,1-5,8-9,11-12H2,(H,21,24). The van der Waals surface area contributed by atoms with Crippen LogP contribution >= 0.6 is 11.6 Å². The lowest BCUT2D eigenvalue weighted by atomic mass is 9.89. The molecule has 0 radical (unpaired) electrons. The number of amides is 1. The number of carbonyl (C=O) groups excluding carboxylic acids is 1. The Bertz CT molecular complexity index is 679. The summed E-state index contributed by atoms with van der Waals surface area (Å²) in [5.41, 5.74) is 1.73. The quantitative estimate of drug-likeness (QED) is 0.756. The molecule has 1 amide bonds. The van der Waals surface area contributed by atoms with Crippen molar-refractivity contribution in [3.05, 3.63) is 29.5 Å². The van der Waals surface area contributed by atoms with Gasteiger partial charge in [0, 0.05) is 18.1 Å². The molecule has 2 aromatic rings. The number of carbonyl (C=O) groups is 1. The van der Waals surface area contributed by atoms with E-state index in [0.717, 1.165) is 30.0 Å². The number of benzene rings is 1. The molecular weight excluding hydrogens is 324 g/mol. The van der Waals surface area contributed by atoms with Crippen LogP contribution in [-0.4, -0.2) is 35.1 Å². The van der Waals surface area contributed by atoms with Crippen molar-refractivity contribution in [1.29, 1.82) is 0 Å². The molecule has 6 heteroatoms. The van der Waals surface area contributed by atoms with Gasteiger partial charge >= 0.3 is 0 Å². The van der Waals surface area contributed by atoms with E-state index >= 15 is 0 Å². The lowest BCUT2D eigenvalue weighted by Crippen LogP contribution is -2.35. The van der Waals surface area contributed by atoms with Crippen molar-refractivity contribution in [1.82, 2.24) is 20.2 Å². The van der Waals surface area contributed by atoms with Crippen molar-refractivity contribution in [3.63, 3.8) is 0 Å². The minimum absolute atomic E-state index is 0.00344. The minimum Gasteiger partial charge on any atom is -0.353 e. The van der Waals surface area contributed by atoms with E-state index in [1.54, 1.807) is 12.4 Å². The van der Waals surface area contributed by atoms with E-state index in [4.69, 9.17) is 11.6 Å². The predicted molar refractivity (Wildman–Crippen MR) is 97.2 cm³/mol. The molecule has 1 aliphatic carbocycles. The SMILES string of the molecule is O=C(Cn1cnc2cc(Cl)ccc21)NCCNCC1CCCCC1. The van der Waals surface area contributed by atoms with Gasteiger partial charge in [0.05, 0.1) is 17.4 Å². The molecule has 3 rings (SSSR count). The molecule has 5 nitrogen and oxygen atoms in total. The van der Waals surface area contributed by atoms with Crippen LogP contribution in [0.1, 0.15) is 32.1 Å². The molecule has 1 fully saturated rings. The second-order valence-corrected chi connectivity index (χ2v) is 7.00. The van der Waals surface area contributed by atoms with Crippen LogP contribution in [0.15, 0.2) is 24.5 Å². The molecule has 1 aromatic heterocycles. The highest BCUT2D eigenvalue weighted by Gasteiger charge is 2.12. The number of aromatic nitrogens is 2. The Morgan fingerprint density at radius 1 is 1.25 bits per heavy atom. The molecular formula is C18H25ClN4O. The first-order chi connectivity index (χ1) is 11.7. The molecule has 0 spiro atoms. The van der Waals surface area contributed by atoms with Gasteiger partial charge in [-0.3, -0.25) is 4.79 Å². The first-order valence-corrected chi connectivity index (χ1v) is 9.18. The van der Waals surface area contributed by atoms with Crippen LogP contribution in [-0.2, 0) is 11.3 Å². The Morgan fingerprint density at radius 3 is 2.92 bits per heavy atom. The molecule has 0 aliphatic heterocycles. The average molecular weight is 349 g/mol. The van der Waals surface area contributed by atoms with E-state index in [-0.39, 0.29) is 12.5 Å². The predicted octanol–water partition coefficient (Wildman–Crippen LogP) is 2.98. The largest absolute Gasteiger partial charge is 0.353 e. The van der Waals surface area contributed by atoms with Gasteiger partial charge in [-0.05, 0) is 43.5 Å². The molecule has 130 valence electrons. The molecule has 1 aliphatic rings. The first kappa shape index (κ1) is 17.2. The number of hydrogen-bond acceptors (Lipinski definition) is 3. The molecule has 24 heavy (non-hydrogen) atoms. The topological polar surface area (TPSA) is 59.0 Å². The Kier molecular flexibility index (Phi) is 6.10. The van der Waals surface area contributed by atoms with Crippen molar-refractivity contribution < 1.29 is 4.79 Å². The molecule has 1 heterocycles. The zero-order valence-corrected chi connectivity index (χ0v) is 14.7. The maximum absolute atomic E-state index is 12.1. The molecule has 0 atom stereocenters. The van der Waals surface area contributed by atoms with Gasteiger partial charge in [0.2, 0.25) is 5.91 Å². The maximum atomic E-state index is 12.1. The summed E-state index contributed by atoms with van der Waals surface area (Å²) in [6, 6.07) is 5.51. The van der Waals surface area contributed by atoms with E-state index in [0.29, 0.717) is 11.6 Å². The molecule has 0 saturated heterocycles. The number of nitrogens with one attached hydrogen (secondary N) is 2. The highest BCUT2D eigenvalue weighted by atomic mass is 35.5. The monoisotopic (exact) mass is 348 g/mol. The highest BCUT2D eigenvalue weighted by Crippen LogP contribution is 2.22. The lowest BCUT2D eigenvalue weighted by Gasteiger charge is -2.21. The molecule has 0 bridgehead atoms. The zero-order chi connectivity index (χ0) is 16.8. The summed E-state index contributed by atoms with van der Waals surface area (Å²) >= 11 is 5.95. The summed E-state index contributed by atoms with van der Waals surface area (Å²) in [6.45, 7) is 2.83. The van der Waals surface area contributed by atoms with Gasteiger partial charge in [0.1, 0.15) is 6.54 Å². The van der Waals surface area contributed by atoms with Gasteiger partial charge in [0.15, 0.2) is 0 Å². The van der Waals surface area contributed by atoms with Crippen molar-refractivity contribution in [2.45, 2.75) is 38.6 Å². The second kappa shape index (κ2) is 8.49. The van der Waals surface area contributed by atoms with Crippen molar-refractivity contribution >= 4 is 28.5 Å². The smallest absolute Gasteiger partial charge is 0.240 e. The summed E-state index contributed by atoms with van der Waals surface area (Å²) in [5, 5.41) is 7.07. The highest BCUT2D eigenvalue weighted by molar-refractivity contribution is 6.31. The van der Waals surface area contributed by atoms with Gasteiger partial charge < -0.3 is 15.2 Å². The van der Waals surface area contributed by atoms with Gasteiger partial charge in [-0.25, -0.2) is 4.98 Å². The third-order valence-corrected chi connectivity index (χ3v) is 4.91. The van der Waals surface area contributed by atoms with Gasteiger partial charge in [-0.1, -0.05) is 30.9 Å². The third kappa shape index (κ3) is 4.71. The number of imidazole rings is 1. The average Bonchev–Trinajstić information content (AvgIpc) is 2.97. The van der Waals surface area contributed by atoms with E-state index in [1.807, 2.05) is 16.7 Å².